The van der Waals surface area contributed by atoms with Gasteiger partial charge in [-0.2, -0.15) is 0 Å². The van der Waals surface area contributed by atoms with Crippen LogP contribution in [0, 0.1) is 0 Å². The number of fused-ring (bicyclic) bond motifs is 1. The minimum atomic E-state index is 0.603. The molecule has 2 nitrogen and oxygen atoms in total. The van der Waals surface area contributed by atoms with Crippen LogP contribution >= 0.6 is 31.9 Å². The van der Waals surface area contributed by atoms with Gasteiger partial charge >= 0.3 is 0 Å². The summed E-state index contributed by atoms with van der Waals surface area (Å²) in [4.78, 5) is 4.28. The standard InChI is InChI=1S/C16H11Br2NO/c17-9-11-1-6-16(19-10-11)20-15-5-3-12-7-14(18)4-2-13(12)8-15/h1-8,10H,9H2. The van der Waals surface area contributed by atoms with Gasteiger partial charge in [0.05, 0.1) is 0 Å². The van der Waals surface area contributed by atoms with E-state index in [2.05, 4.69) is 49.0 Å². The Morgan fingerprint density at radius 3 is 2.50 bits per heavy atom. The van der Waals surface area contributed by atoms with E-state index in [1.165, 1.54) is 5.39 Å². The molecule has 0 aliphatic carbocycles. The number of ether oxygens (including phenoxy) is 1. The number of hydrogen-bond acceptors (Lipinski definition) is 2. The average molecular weight is 393 g/mol. The summed E-state index contributed by atoms with van der Waals surface area (Å²) in [6.07, 6.45) is 1.81. The zero-order chi connectivity index (χ0) is 13.9. The summed E-state index contributed by atoms with van der Waals surface area (Å²) in [7, 11) is 0. The van der Waals surface area contributed by atoms with Crippen molar-refractivity contribution in [2.45, 2.75) is 5.33 Å². The van der Waals surface area contributed by atoms with Gasteiger partial charge < -0.3 is 4.74 Å². The van der Waals surface area contributed by atoms with E-state index < -0.39 is 0 Å². The Morgan fingerprint density at radius 1 is 0.950 bits per heavy atom. The van der Waals surface area contributed by atoms with Gasteiger partial charge in [-0.05, 0) is 40.6 Å². The molecule has 1 aromatic heterocycles. The van der Waals surface area contributed by atoms with Crippen LogP contribution in [0.1, 0.15) is 5.56 Å². The molecule has 0 atom stereocenters. The van der Waals surface area contributed by atoms with Crippen LogP contribution < -0.4 is 4.74 Å². The van der Waals surface area contributed by atoms with Gasteiger partial charge in [-0.1, -0.05) is 50.1 Å². The maximum atomic E-state index is 5.78. The third-order valence-corrected chi connectivity index (χ3v) is 4.09. The van der Waals surface area contributed by atoms with E-state index in [-0.39, 0.29) is 0 Å². The molecule has 3 rings (SSSR count). The summed E-state index contributed by atoms with van der Waals surface area (Å²) in [6.45, 7) is 0. The molecule has 0 fully saturated rings. The zero-order valence-electron chi connectivity index (χ0n) is 10.5. The highest BCUT2D eigenvalue weighted by molar-refractivity contribution is 9.10. The Kier molecular flexibility index (Phi) is 4.03. The van der Waals surface area contributed by atoms with Crippen LogP contribution in [0.5, 0.6) is 11.6 Å². The largest absolute Gasteiger partial charge is 0.439 e. The van der Waals surface area contributed by atoms with Crippen LogP contribution in [0.4, 0.5) is 0 Å². The van der Waals surface area contributed by atoms with Crippen LogP contribution in [-0.2, 0) is 5.33 Å². The van der Waals surface area contributed by atoms with Gasteiger partial charge in [0.25, 0.3) is 0 Å². The fraction of sp³-hybridized carbons (Fsp3) is 0.0625. The molecule has 0 N–H and O–H groups in total. The van der Waals surface area contributed by atoms with Crippen molar-refractivity contribution in [3.63, 3.8) is 0 Å². The third kappa shape index (κ3) is 3.02. The molecule has 4 heteroatoms. The molecular weight excluding hydrogens is 382 g/mol. The van der Waals surface area contributed by atoms with Gasteiger partial charge in [0.1, 0.15) is 5.75 Å². The maximum Gasteiger partial charge on any atom is 0.219 e. The van der Waals surface area contributed by atoms with Crippen molar-refractivity contribution in [1.82, 2.24) is 4.98 Å². The molecule has 100 valence electrons. The lowest BCUT2D eigenvalue weighted by molar-refractivity contribution is 0.463. The molecule has 0 unspecified atom stereocenters. The highest BCUT2D eigenvalue weighted by atomic mass is 79.9. The molecule has 2 aromatic carbocycles. The van der Waals surface area contributed by atoms with E-state index in [1.54, 1.807) is 0 Å². The summed E-state index contributed by atoms with van der Waals surface area (Å²) < 4.78 is 6.85. The Labute approximate surface area is 134 Å². The summed E-state index contributed by atoms with van der Waals surface area (Å²) >= 11 is 6.87. The maximum absolute atomic E-state index is 5.78. The van der Waals surface area contributed by atoms with E-state index in [0.29, 0.717) is 5.88 Å². The van der Waals surface area contributed by atoms with E-state index >= 15 is 0 Å². The van der Waals surface area contributed by atoms with Gasteiger partial charge in [0, 0.05) is 22.1 Å². The van der Waals surface area contributed by atoms with Gasteiger partial charge in [0.15, 0.2) is 0 Å². The topological polar surface area (TPSA) is 22.1 Å². The molecule has 0 saturated carbocycles. The highest BCUT2D eigenvalue weighted by Crippen LogP contribution is 2.26. The fourth-order valence-electron chi connectivity index (χ4n) is 1.93. The van der Waals surface area contributed by atoms with Crippen LogP contribution in [-0.4, -0.2) is 4.98 Å². The summed E-state index contributed by atoms with van der Waals surface area (Å²) in [6, 6.07) is 16.1. The highest BCUT2D eigenvalue weighted by Gasteiger charge is 2.01. The normalized spacial score (nSPS) is 10.7. The Balaban J connectivity index is 1.88. The number of nitrogens with zero attached hydrogens (tertiary/aromatic N) is 1. The van der Waals surface area contributed by atoms with Gasteiger partial charge in [0.2, 0.25) is 5.88 Å². The fourth-order valence-corrected chi connectivity index (χ4v) is 2.64. The Bertz CT molecular complexity index is 741. The molecule has 20 heavy (non-hydrogen) atoms. The van der Waals surface area contributed by atoms with Gasteiger partial charge in [-0.15, -0.1) is 0 Å². The first-order chi connectivity index (χ1) is 9.74. The third-order valence-electron chi connectivity index (χ3n) is 2.95. The second-order valence-corrected chi connectivity index (χ2v) is 5.87. The van der Waals surface area contributed by atoms with Crippen molar-refractivity contribution in [1.29, 1.82) is 0 Å². The minimum Gasteiger partial charge on any atom is -0.439 e. The number of benzene rings is 2. The van der Waals surface area contributed by atoms with Crippen molar-refractivity contribution in [3.8, 4) is 11.6 Å². The van der Waals surface area contributed by atoms with E-state index in [9.17, 15) is 0 Å². The smallest absolute Gasteiger partial charge is 0.219 e. The van der Waals surface area contributed by atoms with Crippen molar-refractivity contribution in [2.24, 2.45) is 0 Å². The molecule has 0 saturated heterocycles. The van der Waals surface area contributed by atoms with E-state index in [1.807, 2.05) is 42.6 Å². The molecule has 0 aliphatic heterocycles. The molecule has 0 radical (unpaired) electrons. The minimum absolute atomic E-state index is 0.603. The first kappa shape index (κ1) is 13.6. The molecule has 1 heterocycles. The lowest BCUT2D eigenvalue weighted by Gasteiger charge is -2.06. The molecular formula is C16H11Br2NO. The van der Waals surface area contributed by atoms with Crippen molar-refractivity contribution < 1.29 is 4.74 Å². The molecule has 0 spiro atoms. The number of alkyl halides is 1. The SMILES string of the molecule is BrCc1ccc(Oc2ccc3cc(Br)ccc3c2)nc1. The first-order valence-electron chi connectivity index (χ1n) is 6.13. The monoisotopic (exact) mass is 391 g/mol. The zero-order valence-corrected chi connectivity index (χ0v) is 13.7. The summed E-state index contributed by atoms with van der Waals surface area (Å²) in [5.41, 5.74) is 1.13. The van der Waals surface area contributed by atoms with Crippen LogP contribution in [0.3, 0.4) is 0 Å². The second-order valence-electron chi connectivity index (χ2n) is 4.39. The molecule has 0 aliphatic rings. The van der Waals surface area contributed by atoms with Crippen molar-refractivity contribution >= 4 is 42.6 Å². The van der Waals surface area contributed by atoms with Crippen molar-refractivity contribution in [3.05, 3.63) is 64.8 Å². The first-order valence-corrected chi connectivity index (χ1v) is 8.04. The lowest BCUT2D eigenvalue weighted by atomic mass is 10.1. The Hall–Kier alpha value is -1.39. The summed E-state index contributed by atoms with van der Waals surface area (Å²) in [5, 5.41) is 3.11. The Morgan fingerprint density at radius 2 is 1.75 bits per heavy atom. The summed E-state index contributed by atoms with van der Waals surface area (Å²) in [5.74, 6) is 1.39. The number of hydrogen-bond donors (Lipinski definition) is 0. The predicted molar refractivity (Wildman–Crippen MR) is 88.6 cm³/mol. The van der Waals surface area contributed by atoms with E-state index in [4.69, 9.17) is 4.74 Å². The van der Waals surface area contributed by atoms with Crippen LogP contribution in [0.2, 0.25) is 0 Å². The average Bonchev–Trinajstić information content (AvgIpc) is 2.48. The molecule has 3 aromatic rings. The second kappa shape index (κ2) is 5.94. The number of aromatic nitrogens is 1. The van der Waals surface area contributed by atoms with Crippen molar-refractivity contribution in [2.75, 3.05) is 0 Å². The molecule has 0 amide bonds. The number of rotatable bonds is 3. The lowest BCUT2D eigenvalue weighted by Crippen LogP contribution is -1.89. The predicted octanol–water partition coefficient (Wildman–Crippen LogP) is 5.68. The number of pyridine rings is 1. The molecule has 0 bridgehead atoms. The van der Waals surface area contributed by atoms with Crippen LogP contribution in [0.15, 0.2) is 59.2 Å². The van der Waals surface area contributed by atoms with Gasteiger partial charge in [-0.25, -0.2) is 4.98 Å². The van der Waals surface area contributed by atoms with E-state index in [0.717, 1.165) is 26.5 Å². The number of halogens is 2. The quantitative estimate of drug-likeness (QED) is 0.534. The van der Waals surface area contributed by atoms with Crippen LogP contribution in [0.25, 0.3) is 10.8 Å². The van der Waals surface area contributed by atoms with Gasteiger partial charge in [-0.3, -0.25) is 0 Å².